The zero-order valence-corrected chi connectivity index (χ0v) is 7.90. The van der Waals surface area contributed by atoms with Crippen LogP contribution in [0.2, 0.25) is 0 Å². The summed E-state index contributed by atoms with van der Waals surface area (Å²) in [5.41, 5.74) is 2.83. The number of nitrogens with two attached hydrogens (primary N) is 1. The lowest BCUT2D eigenvalue weighted by molar-refractivity contribution is 0.455. The molecule has 0 bridgehead atoms. The lowest BCUT2D eigenvalue weighted by atomic mass is 10.1. The molecule has 0 spiro atoms. The monoisotopic (exact) mass is 158 g/mol. The third kappa shape index (κ3) is 6.32. The van der Waals surface area contributed by atoms with Gasteiger partial charge in [0.05, 0.1) is 0 Å². The van der Waals surface area contributed by atoms with Crippen molar-refractivity contribution in [3.63, 3.8) is 0 Å². The van der Waals surface area contributed by atoms with Crippen LogP contribution < -0.4 is 11.3 Å². The second kappa shape index (κ2) is 8.02. The molecule has 0 rings (SSSR count). The third-order valence-corrected chi connectivity index (χ3v) is 2.13. The van der Waals surface area contributed by atoms with Crippen LogP contribution in [0.15, 0.2) is 0 Å². The number of hydrogen-bond donors (Lipinski definition) is 2. The Kier molecular flexibility index (Phi) is 7.96. The largest absolute Gasteiger partial charge is 0.271 e. The highest BCUT2D eigenvalue weighted by Gasteiger charge is 2.01. The van der Waals surface area contributed by atoms with Gasteiger partial charge in [-0.2, -0.15) is 0 Å². The van der Waals surface area contributed by atoms with Gasteiger partial charge in [-0.1, -0.05) is 39.5 Å². The van der Waals surface area contributed by atoms with E-state index in [2.05, 4.69) is 19.3 Å². The Labute approximate surface area is 70.5 Å². The Hall–Kier alpha value is -0.0800. The van der Waals surface area contributed by atoms with E-state index in [1.54, 1.807) is 0 Å². The number of rotatable bonds is 7. The predicted octanol–water partition coefficient (Wildman–Crippen LogP) is 2.20. The summed E-state index contributed by atoms with van der Waals surface area (Å²) in [5.74, 6) is 5.35. The molecule has 0 radical (unpaired) electrons. The highest BCUT2D eigenvalue weighted by atomic mass is 15.2. The summed E-state index contributed by atoms with van der Waals surface area (Å²) in [6.07, 6.45) is 7.72. The molecule has 0 saturated carbocycles. The molecule has 0 aliphatic heterocycles. The standard InChI is InChI=1S/C9H22N2/c1-3-5-6-7-8-9(4-2)11-10/h9,11H,3-8,10H2,1-2H3. The molecule has 3 N–H and O–H groups in total. The van der Waals surface area contributed by atoms with E-state index in [0.717, 1.165) is 6.42 Å². The van der Waals surface area contributed by atoms with Crippen molar-refractivity contribution in [3.8, 4) is 0 Å². The van der Waals surface area contributed by atoms with E-state index in [4.69, 9.17) is 5.84 Å². The van der Waals surface area contributed by atoms with Gasteiger partial charge in [-0.25, -0.2) is 0 Å². The van der Waals surface area contributed by atoms with Gasteiger partial charge in [0.25, 0.3) is 0 Å². The first kappa shape index (κ1) is 10.9. The molecule has 11 heavy (non-hydrogen) atoms. The first-order valence-electron chi connectivity index (χ1n) is 4.81. The number of unbranched alkanes of at least 4 members (excludes halogenated alkanes) is 3. The quantitative estimate of drug-likeness (QED) is 0.338. The Morgan fingerprint density at radius 1 is 1.18 bits per heavy atom. The molecule has 0 aromatic rings. The SMILES string of the molecule is CCCCCCC(CC)NN. The minimum absolute atomic E-state index is 0.534. The molecule has 0 aromatic carbocycles. The van der Waals surface area contributed by atoms with Crippen LogP contribution in [0.25, 0.3) is 0 Å². The van der Waals surface area contributed by atoms with Gasteiger partial charge in [0.2, 0.25) is 0 Å². The molecular formula is C9H22N2. The van der Waals surface area contributed by atoms with Crippen LogP contribution >= 0.6 is 0 Å². The first-order valence-corrected chi connectivity index (χ1v) is 4.81. The maximum Gasteiger partial charge on any atom is 0.0207 e. The van der Waals surface area contributed by atoms with Gasteiger partial charge in [0.1, 0.15) is 0 Å². The van der Waals surface area contributed by atoms with Crippen LogP contribution in [0.5, 0.6) is 0 Å². The van der Waals surface area contributed by atoms with Crippen LogP contribution in [-0.2, 0) is 0 Å². The van der Waals surface area contributed by atoms with Crippen molar-refractivity contribution in [2.75, 3.05) is 0 Å². The van der Waals surface area contributed by atoms with Gasteiger partial charge in [-0.05, 0) is 12.8 Å². The lowest BCUT2D eigenvalue weighted by Gasteiger charge is -2.12. The molecule has 0 fully saturated rings. The van der Waals surface area contributed by atoms with Crippen LogP contribution in [0.3, 0.4) is 0 Å². The van der Waals surface area contributed by atoms with Crippen molar-refractivity contribution in [3.05, 3.63) is 0 Å². The highest BCUT2D eigenvalue weighted by molar-refractivity contribution is 4.60. The molecule has 0 aliphatic rings. The maximum atomic E-state index is 5.35. The van der Waals surface area contributed by atoms with Gasteiger partial charge in [-0.3, -0.25) is 11.3 Å². The molecule has 2 nitrogen and oxygen atoms in total. The van der Waals surface area contributed by atoms with Crippen LogP contribution in [-0.4, -0.2) is 6.04 Å². The average molecular weight is 158 g/mol. The van der Waals surface area contributed by atoms with Crippen molar-refractivity contribution in [1.82, 2.24) is 5.43 Å². The van der Waals surface area contributed by atoms with Crippen LogP contribution in [0, 0.1) is 0 Å². The molecule has 0 saturated heterocycles. The number of nitrogens with one attached hydrogen (secondary N) is 1. The number of hydrogen-bond acceptors (Lipinski definition) is 2. The van der Waals surface area contributed by atoms with Crippen molar-refractivity contribution >= 4 is 0 Å². The van der Waals surface area contributed by atoms with Gasteiger partial charge >= 0.3 is 0 Å². The summed E-state index contributed by atoms with van der Waals surface area (Å²) >= 11 is 0. The van der Waals surface area contributed by atoms with E-state index in [1.807, 2.05) is 0 Å². The van der Waals surface area contributed by atoms with Crippen LogP contribution in [0.1, 0.15) is 52.4 Å². The lowest BCUT2D eigenvalue weighted by Crippen LogP contribution is -2.34. The summed E-state index contributed by atoms with van der Waals surface area (Å²) in [6.45, 7) is 4.41. The third-order valence-electron chi connectivity index (χ3n) is 2.13. The van der Waals surface area contributed by atoms with E-state index >= 15 is 0 Å². The Bertz CT molecular complexity index is 70.0. The molecule has 68 valence electrons. The van der Waals surface area contributed by atoms with E-state index in [-0.39, 0.29) is 0 Å². The average Bonchev–Trinajstić information content (AvgIpc) is 2.05. The molecule has 0 amide bonds. The molecule has 0 aliphatic carbocycles. The zero-order valence-electron chi connectivity index (χ0n) is 7.90. The zero-order chi connectivity index (χ0) is 8.53. The van der Waals surface area contributed by atoms with E-state index in [1.165, 1.54) is 32.1 Å². The fraction of sp³-hybridized carbons (Fsp3) is 1.00. The van der Waals surface area contributed by atoms with E-state index in [0.29, 0.717) is 6.04 Å². The minimum atomic E-state index is 0.534. The maximum absolute atomic E-state index is 5.35. The summed E-state index contributed by atoms with van der Waals surface area (Å²) < 4.78 is 0. The fourth-order valence-electron chi connectivity index (χ4n) is 1.22. The molecule has 1 unspecified atom stereocenters. The van der Waals surface area contributed by atoms with Crippen molar-refractivity contribution < 1.29 is 0 Å². The van der Waals surface area contributed by atoms with Gasteiger partial charge < -0.3 is 0 Å². The summed E-state index contributed by atoms with van der Waals surface area (Å²) in [6, 6.07) is 0.534. The van der Waals surface area contributed by atoms with Crippen LogP contribution in [0.4, 0.5) is 0 Å². The summed E-state index contributed by atoms with van der Waals surface area (Å²) in [5, 5.41) is 0. The van der Waals surface area contributed by atoms with Crippen molar-refractivity contribution in [2.45, 2.75) is 58.4 Å². The fourth-order valence-corrected chi connectivity index (χ4v) is 1.22. The Morgan fingerprint density at radius 3 is 2.36 bits per heavy atom. The smallest absolute Gasteiger partial charge is 0.0207 e. The Balaban J connectivity index is 3.07. The van der Waals surface area contributed by atoms with E-state index < -0.39 is 0 Å². The highest BCUT2D eigenvalue weighted by Crippen LogP contribution is 2.06. The predicted molar refractivity (Wildman–Crippen MR) is 50.2 cm³/mol. The van der Waals surface area contributed by atoms with Gasteiger partial charge in [0, 0.05) is 6.04 Å². The van der Waals surface area contributed by atoms with Crippen molar-refractivity contribution in [2.24, 2.45) is 5.84 Å². The van der Waals surface area contributed by atoms with Gasteiger partial charge in [0.15, 0.2) is 0 Å². The molecule has 2 heteroatoms. The number of hydrazine groups is 1. The normalized spacial score (nSPS) is 13.4. The first-order chi connectivity index (χ1) is 5.35. The summed E-state index contributed by atoms with van der Waals surface area (Å²) in [7, 11) is 0. The van der Waals surface area contributed by atoms with E-state index in [9.17, 15) is 0 Å². The molecular weight excluding hydrogens is 136 g/mol. The topological polar surface area (TPSA) is 38.0 Å². The second-order valence-corrected chi connectivity index (χ2v) is 3.12. The minimum Gasteiger partial charge on any atom is -0.271 e. The van der Waals surface area contributed by atoms with Gasteiger partial charge in [-0.15, -0.1) is 0 Å². The second-order valence-electron chi connectivity index (χ2n) is 3.12. The van der Waals surface area contributed by atoms with Crippen molar-refractivity contribution in [1.29, 1.82) is 0 Å². The molecule has 0 heterocycles. The molecule has 0 aromatic heterocycles. The molecule has 1 atom stereocenters. The Morgan fingerprint density at radius 2 is 1.91 bits per heavy atom. The summed E-state index contributed by atoms with van der Waals surface area (Å²) in [4.78, 5) is 0.